The molecule has 0 unspecified atom stereocenters. The number of hydrogen-bond donors (Lipinski definition) is 2. The molecule has 0 bridgehead atoms. The van der Waals surface area contributed by atoms with Gasteiger partial charge in [-0.15, -0.1) is 0 Å². The van der Waals surface area contributed by atoms with Crippen molar-refractivity contribution in [3.05, 3.63) is 0 Å². The molecule has 1 rings (SSSR count). The molecule has 1 saturated heterocycles. The van der Waals surface area contributed by atoms with Crippen LogP contribution in [0.5, 0.6) is 0 Å². The molecule has 0 radical (unpaired) electrons. The Kier molecular flexibility index (Phi) is 3.87. The molecule has 1 fully saturated rings. The summed E-state index contributed by atoms with van der Waals surface area (Å²) in [5, 5.41) is 6.44. The van der Waals surface area contributed by atoms with Crippen LogP contribution in [0.2, 0.25) is 0 Å². The molecular weight excluding hydrogens is 154 g/mol. The number of ether oxygens (including phenoxy) is 1. The van der Waals surface area contributed by atoms with Gasteiger partial charge in [0.25, 0.3) is 0 Å². The van der Waals surface area contributed by atoms with Crippen LogP contribution in [0, 0.1) is 0 Å². The van der Waals surface area contributed by atoms with Crippen molar-refractivity contribution < 1.29 is 4.74 Å². The molecule has 0 aromatic heterocycles. The third kappa shape index (κ3) is 2.70. The van der Waals surface area contributed by atoms with E-state index in [-0.39, 0.29) is 0 Å². The molecular formula is C8H17N3O. The predicted molar refractivity (Wildman–Crippen MR) is 49.4 cm³/mol. The Morgan fingerprint density at radius 1 is 1.50 bits per heavy atom. The molecule has 4 nitrogen and oxygen atoms in total. The molecule has 1 aliphatic rings. The second-order valence-electron chi connectivity index (χ2n) is 2.73. The van der Waals surface area contributed by atoms with Crippen molar-refractivity contribution in [2.75, 3.05) is 26.3 Å². The van der Waals surface area contributed by atoms with Gasteiger partial charge in [-0.05, 0) is 13.8 Å². The highest BCUT2D eigenvalue weighted by Crippen LogP contribution is 1.98. The summed E-state index contributed by atoms with van der Waals surface area (Å²) in [5.74, 6) is 0.897. The smallest absolute Gasteiger partial charge is 0.191 e. The number of rotatable bonds is 3. The van der Waals surface area contributed by atoms with E-state index in [0.29, 0.717) is 6.04 Å². The van der Waals surface area contributed by atoms with Crippen molar-refractivity contribution in [1.82, 2.24) is 10.6 Å². The minimum absolute atomic E-state index is 0.453. The second-order valence-corrected chi connectivity index (χ2v) is 2.73. The van der Waals surface area contributed by atoms with E-state index in [1.54, 1.807) is 0 Å². The van der Waals surface area contributed by atoms with Crippen LogP contribution in [0.3, 0.4) is 0 Å². The highest BCUT2D eigenvalue weighted by Gasteiger charge is 2.18. The molecule has 0 aromatic rings. The maximum atomic E-state index is 5.05. The molecule has 0 spiro atoms. The number of aliphatic imine (C=N–C) groups is 1. The van der Waals surface area contributed by atoms with Gasteiger partial charge < -0.3 is 15.4 Å². The molecule has 0 atom stereocenters. The average Bonchev–Trinajstić information content (AvgIpc) is 1.97. The fourth-order valence-corrected chi connectivity index (χ4v) is 0.991. The Labute approximate surface area is 73.4 Å². The molecule has 1 aliphatic heterocycles. The Bertz CT molecular complexity index is 154. The van der Waals surface area contributed by atoms with Gasteiger partial charge in [-0.2, -0.15) is 0 Å². The largest absolute Gasteiger partial charge is 0.377 e. The molecule has 0 saturated carbocycles. The van der Waals surface area contributed by atoms with Gasteiger partial charge in [0.15, 0.2) is 5.96 Å². The summed E-state index contributed by atoms with van der Waals surface area (Å²) in [6.45, 7) is 7.39. The lowest BCUT2D eigenvalue weighted by molar-refractivity contribution is 0.00283. The van der Waals surface area contributed by atoms with E-state index in [9.17, 15) is 0 Å². The summed E-state index contributed by atoms with van der Waals surface area (Å²) in [5.41, 5.74) is 0. The van der Waals surface area contributed by atoms with Crippen molar-refractivity contribution in [2.45, 2.75) is 19.9 Å². The minimum atomic E-state index is 0.453. The fraction of sp³-hybridized carbons (Fsp3) is 0.875. The van der Waals surface area contributed by atoms with Gasteiger partial charge in [-0.1, -0.05) is 0 Å². The summed E-state index contributed by atoms with van der Waals surface area (Å²) in [7, 11) is 0. The molecule has 0 aromatic carbocycles. The van der Waals surface area contributed by atoms with Crippen LogP contribution >= 0.6 is 0 Å². The SMILES string of the molecule is CCN=C(NCC)NC1COC1. The molecule has 0 amide bonds. The van der Waals surface area contributed by atoms with Gasteiger partial charge in [-0.25, -0.2) is 0 Å². The first-order chi connectivity index (χ1) is 5.86. The molecule has 70 valence electrons. The van der Waals surface area contributed by atoms with Crippen molar-refractivity contribution >= 4 is 5.96 Å². The van der Waals surface area contributed by atoms with E-state index in [2.05, 4.69) is 22.5 Å². The van der Waals surface area contributed by atoms with Crippen molar-refractivity contribution in [1.29, 1.82) is 0 Å². The van der Waals surface area contributed by atoms with E-state index in [1.165, 1.54) is 0 Å². The number of nitrogens with zero attached hydrogens (tertiary/aromatic N) is 1. The van der Waals surface area contributed by atoms with E-state index in [4.69, 9.17) is 4.74 Å². The standard InChI is InChI=1S/C8H17N3O/c1-3-9-8(10-4-2)11-7-5-12-6-7/h7H,3-6H2,1-2H3,(H2,9,10,11). The maximum absolute atomic E-state index is 5.05. The van der Waals surface area contributed by atoms with Crippen LogP contribution in [-0.2, 0) is 4.74 Å². The zero-order chi connectivity index (χ0) is 8.81. The summed E-state index contributed by atoms with van der Waals surface area (Å²) in [6, 6.07) is 0.453. The average molecular weight is 171 g/mol. The number of nitrogens with one attached hydrogen (secondary N) is 2. The molecule has 2 N–H and O–H groups in total. The third-order valence-corrected chi connectivity index (χ3v) is 1.64. The lowest BCUT2D eigenvalue weighted by Crippen LogP contribution is -2.52. The zero-order valence-corrected chi connectivity index (χ0v) is 7.76. The van der Waals surface area contributed by atoms with Gasteiger partial charge >= 0.3 is 0 Å². The Hall–Kier alpha value is -0.770. The topological polar surface area (TPSA) is 45.7 Å². The lowest BCUT2D eigenvalue weighted by Gasteiger charge is -2.28. The lowest BCUT2D eigenvalue weighted by atomic mass is 10.3. The van der Waals surface area contributed by atoms with Crippen LogP contribution in [0.1, 0.15) is 13.8 Å². The van der Waals surface area contributed by atoms with Crippen molar-refractivity contribution in [2.24, 2.45) is 4.99 Å². The Morgan fingerprint density at radius 2 is 2.25 bits per heavy atom. The highest BCUT2D eigenvalue weighted by atomic mass is 16.5. The number of hydrogen-bond acceptors (Lipinski definition) is 2. The van der Waals surface area contributed by atoms with E-state index < -0.39 is 0 Å². The van der Waals surface area contributed by atoms with Crippen LogP contribution in [0.15, 0.2) is 4.99 Å². The van der Waals surface area contributed by atoms with Crippen molar-refractivity contribution in [3.8, 4) is 0 Å². The first-order valence-electron chi connectivity index (χ1n) is 4.49. The van der Waals surface area contributed by atoms with Gasteiger partial charge in [-0.3, -0.25) is 4.99 Å². The third-order valence-electron chi connectivity index (χ3n) is 1.64. The molecule has 1 heterocycles. The molecule has 4 heteroatoms. The van der Waals surface area contributed by atoms with E-state index in [1.807, 2.05) is 6.92 Å². The van der Waals surface area contributed by atoms with Gasteiger partial charge in [0.1, 0.15) is 0 Å². The number of guanidine groups is 1. The van der Waals surface area contributed by atoms with E-state index >= 15 is 0 Å². The van der Waals surface area contributed by atoms with Gasteiger partial charge in [0.05, 0.1) is 19.3 Å². The fourth-order valence-electron chi connectivity index (χ4n) is 0.991. The van der Waals surface area contributed by atoms with E-state index in [0.717, 1.165) is 32.3 Å². The summed E-state index contributed by atoms with van der Waals surface area (Å²) in [4.78, 5) is 4.27. The summed E-state index contributed by atoms with van der Waals surface area (Å²) < 4.78 is 5.05. The van der Waals surface area contributed by atoms with Crippen LogP contribution in [0.4, 0.5) is 0 Å². The monoisotopic (exact) mass is 171 g/mol. The highest BCUT2D eigenvalue weighted by molar-refractivity contribution is 5.80. The summed E-state index contributed by atoms with van der Waals surface area (Å²) in [6.07, 6.45) is 0. The van der Waals surface area contributed by atoms with Crippen LogP contribution in [0.25, 0.3) is 0 Å². The molecule has 0 aliphatic carbocycles. The van der Waals surface area contributed by atoms with Gasteiger partial charge in [0, 0.05) is 13.1 Å². The van der Waals surface area contributed by atoms with Gasteiger partial charge in [0.2, 0.25) is 0 Å². The normalized spacial score (nSPS) is 18.7. The maximum Gasteiger partial charge on any atom is 0.191 e. The first kappa shape index (κ1) is 9.32. The van der Waals surface area contributed by atoms with Crippen LogP contribution in [-0.4, -0.2) is 38.3 Å². The zero-order valence-electron chi connectivity index (χ0n) is 7.76. The Morgan fingerprint density at radius 3 is 2.67 bits per heavy atom. The quantitative estimate of drug-likeness (QED) is 0.462. The predicted octanol–water partition coefficient (Wildman–Crippen LogP) is -0.0398. The second kappa shape index (κ2) is 4.98. The first-order valence-corrected chi connectivity index (χ1v) is 4.49. The summed E-state index contributed by atoms with van der Waals surface area (Å²) >= 11 is 0. The minimum Gasteiger partial charge on any atom is -0.377 e. The Balaban J connectivity index is 2.26. The molecule has 12 heavy (non-hydrogen) atoms. The van der Waals surface area contributed by atoms with Crippen molar-refractivity contribution in [3.63, 3.8) is 0 Å². The van der Waals surface area contributed by atoms with Crippen LogP contribution < -0.4 is 10.6 Å².